The van der Waals surface area contributed by atoms with E-state index in [1.54, 1.807) is 0 Å². The molecule has 0 atom stereocenters. The van der Waals surface area contributed by atoms with Crippen molar-refractivity contribution < 1.29 is 13.0 Å². The predicted octanol–water partition coefficient (Wildman–Crippen LogP) is 8.98. The van der Waals surface area contributed by atoms with Crippen LogP contribution in [0.5, 0.6) is 0 Å². The van der Waals surface area contributed by atoms with Crippen molar-refractivity contribution in [1.82, 2.24) is 0 Å². The first-order valence-electron chi connectivity index (χ1n) is 15.1. The van der Waals surface area contributed by atoms with Crippen LogP contribution in [0.4, 0.5) is 11.4 Å². The van der Waals surface area contributed by atoms with Gasteiger partial charge in [0.25, 0.3) is 10.1 Å². The second kappa shape index (κ2) is 11.3. The largest absolute Gasteiger partial charge is 0.344 e. The Labute approximate surface area is 260 Å². The van der Waals surface area contributed by atoms with Gasteiger partial charge in [-0.05, 0) is 63.4 Å². The van der Waals surface area contributed by atoms with Crippen LogP contribution >= 0.6 is 0 Å². The zero-order chi connectivity index (χ0) is 31.1. The first-order valence-corrected chi connectivity index (χ1v) is 16.7. The molecule has 4 aromatic rings. The van der Waals surface area contributed by atoms with Gasteiger partial charge >= 0.3 is 0 Å². The second-order valence-corrected chi connectivity index (χ2v) is 14.2. The molecule has 224 valence electrons. The molecule has 0 aliphatic carbocycles. The lowest BCUT2D eigenvalue weighted by atomic mass is 9.79. The van der Waals surface area contributed by atoms with Crippen LogP contribution in [-0.2, 0) is 20.9 Å². The Morgan fingerprint density at radius 1 is 0.750 bits per heavy atom. The Balaban J connectivity index is 1.22. The monoisotopic (exact) mass is 602 g/mol. The van der Waals surface area contributed by atoms with Crippen molar-refractivity contribution in [1.29, 1.82) is 0 Å². The molecular formula is C38H38N2O3S. The van der Waals surface area contributed by atoms with Crippen LogP contribution in [0.3, 0.4) is 0 Å². The van der Waals surface area contributed by atoms with Crippen LogP contribution < -0.4 is 4.90 Å². The molecule has 6 rings (SSSR count). The van der Waals surface area contributed by atoms with E-state index >= 15 is 0 Å². The van der Waals surface area contributed by atoms with Crippen molar-refractivity contribution in [3.63, 3.8) is 0 Å². The van der Waals surface area contributed by atoms with Crippen molar-refractivity contribution in [2.45, 2.75) is 44.9 Å². The third-order valence-corrected chi connectivity index (χ3v) is 9.71. The van der Waals surface area contributed by atoms with Gasteiger partial charge in [0.05, 0.1) is 17.2 Å². The van der Waals surface area contributed by atoms with Gasteiger partial charge in [0.2, 0.25) is 0 Å². The van der Waals surface area contributed by atoms with Crippen molar-refractivity contribution in [3.8, 4) is 0 Å². The molecule has 0 unspecified atom stereocenters. The molecule has 0 saturated heterocycles. The lowest BCUT2D eigenvalue weighted by molar-refractivity contribution is 0.481. The third-order valence-electron chi connectivity index (χ3n) is 8.90. The first kappa shape index (κ1) is 29.8. The summed E-state index contributed by atoms with van der Waals surface area (Å²) in [6.07, 6.45) is 14.6. The number of anilines is 1. The van der Waals surface area contributed by atoms with Gasteiger partial charge in [0, 0.05) is 28.8 Å². The quantitative estimate of drug-likeness (QED) is 0.161. The molecule has 2 heterocycles. The molecule has 44 heavy (non-hydrogen) atoms. The fourth-order valence-corrected chi connectivity index (χ4v) is 7.31. The maximum Gasteiger partial charge on any atom is 0.264 e. The van der Waals surface area contributed by atoms with Gasteiger partial charge in [-0.15, -0.1) is 0 Å². The van der Waals surface area contributed by atoms with E-state index in [2.05, 4.69) is 111 Å². The maximum atomic E-state index is 11.5. The van der Waals surface area contributed by atoms with Gasteiger partial charge in [0.1, 0.15) is 0 Å². The van der Waals surface area contributed by atoms with Crippen molar-refractivity contribution in [2.75, 3.05) is 17.2 Å². The van der Waals surface area contributed by atoms with Crippen LogP contribution in [0.2, 0.25) is 0 Å². The van der Waals surface area contributed by atoms with Crippen LogP contribution in [-0.4, -0.2) is 31.0 Å². The SMILES string of the molecule is CC1(C)C(/C=C/C=C/C=C/C=C2/N(CCCS(=O)(=O)O)c3ccc4ccccc4c3C2(C)C)=Nc2ccc3ccccc3c21. The summed E-state index contributed by atoms with van der Waals surface area (Å²) in [6.45, 7) is 9.38. The average molecular weight is 603 g/mol. The van der Waals surface area contributed by atoms with E-state index in [4.69, 9.17) is 4.99 Å². The number of rotatable bonds is 8. The highest BCUT2D eigenvalue weighted by Crippen LogP contribution is 2.51. The second-order valence-electron chi connectivity index (χ2n) is 12.6. The van der Waals surface area contributed by atoms with Crippen LogP contribution in [0.25, 0.3) is 21.5 Å². The van der Waals surface area contributed by atoms with E-state index < -0.39 is 10.1 Å². The molecule has 0 bridgehead atoms. The first-order chi connectivity index (χ1) is 21.0. The molecule has 0 aromatic heterocycles. The topological polar surface area (TPSA) is 70.0 Å². The van der Waals surface area contributed by atoms with Crippen molar-refractivity contribution >= 4 is 48.7 Å². The smallest absolute Gasteiger partial charge is 0.264 e. The number of allylic oxidation sites excluding steroid dienone is 8. The Kier molecular flexibility index (Phi) is 7.68. The fourth-order valence-electron chi connectivity index (χ4n) is 6.82. The zero-order valence-electron chi connectivity index (χ0n) is 25.7. The lowest BCUT2D eigenvalue weighted by Gasteiger charge is -2.27. The van der Waals surface area contributed by atoms with E-state index in [1.807, 2.05) is 36.4 Å². The van der Waals surface area contributed by atoms with Gasteiger partial charge in [-0.25, -0.2) is 0 Å². The summed E-state index contributed by atoms with van der Waals surface area (Å²) in [6, 6.07) is 25.3. The van der Waals surface area contributed by atoms with Gasteiger partial charge < -0.3 is 4.90 Å². The van der Waals surface area contributed by atoms with Crippen molar-refractivity contribution in [3.05, 3.63) is 132 Å². The highest BCUT2D eigenvalue weighted by Gasteiger charge is 2.41. The summed E-state index contributed by atoms with van der Waals surface area (Å²) in [4.78, 5) is 7.15. The van der Waals surface area contributed by atoms with E-state index in [9.17, 15) is 13.0 Å². The maximum absolute atomic E-state index is 11.5. The molecule has 4 aromatic carbocycles. The minimum Gasteiger partial charge on any atom is -0.344 e. The van der Waals surface area contributed by atoms with Gasteiger partial charge in [-0.3, -0.25) is 9.55 Å². The summed E-state index contributed by atoms with van der Waals surface area (Å²) in [5.74, 6) is -0.269. The summed E-state index contributed by atoms with van der Waals surface area (Å²) < 4.78 is 32.2. The van der Waals surface area contributed by atoms with Crippen molar-refractivity contribution in [2.24, 2.45) is 4.99 Å². The Morgan fingerprint density at radius 2 is 1.36 bits per heavy atom. The summed E-state index contributed by atoms with van der Waals surface area (Å²) >= 11 is 0. The molecule has 2 aliphatic heterocycles. The average Bonchev–Trinajstić information content (AvgIpc) is 3.37. The highest BCUT2D eigenvalue weighted by atomic mass is 32.2. The molecule has 0 saturated carbocycles. The standard InChI is InChI=1S/C38H38N2O3S/c1-37(2)33(39-31-23-21-27-15-10-12-17-29(27)35(31)37)19-8-6-5-7-9-20-34-38(3,4)36-30-18-13-11-16-28(30)22-24-32(36)40(34)25-14-26-44(41,42)43/h5-13,15-24H,14,25-26H2,1-4H3,(H,41,42,43)/b6-5+,9-7+,19-8+,34-20+. The fraction of sp³-hybridized carbons (Fsp3) is 0.237. The van der Waals surface area contributed by atoms with Gasteiger partial charge in [-0.1, -0.05) is 119 Å². The molecule has 6 heteroatoms. The van der Waals surface area contributed by atoms with E-state index in [1.165, 1.54) is 32.7 Å². The van der Waals surface area contributed by atoms with E-state index in [0.29, 0.717) is 13.0 Å². The number of hydrogen-bond donors (Lipinski definition) is 1. The molecule has 1 N–H and O–H groups in total. The molecule has 0 fully saturated rings. The van der Waals surface area contributed by atoms with Crippen LogP contribution in [0.15, 0.2) is 126 Å². The van der Waals surface area contributed by atoms with Gasteiger partial charge in [-0.2, -0.15) is 8.42 Å². The third kappa shape index (κ3) is 5.44. The number of hydrogen-bond acceptors (Lipinski definition) is 4. The Hall–Kier alpha value is -4.26. The summed E-state index contributed by atoms with van der Waals surface area (Å²) in [5.41, 5.74) is 6.27. The lowest BCUT2D eigenvalue weighted by Crippen LogP contribution is -2.28. The minimum absolute atomic E-state index is 0.188. The number of benzene rings is 4. The van der Waals surface area contributed by atoms with Crippen LogP contribution in [0.1, 0.15) is 45.2 Å². The molecule has 2 aliphatic rings. The van der Waals surface area contributed by atoms with Crippen LogP contribution in [0, 0.1) is 0 Å². The molecule has 0 radical (unpaired) electrons. The van der Waals surface area contributed by atoms with E-state index in [0.717, 1.165) is 22.8 Å². The Bertz CT molecular complexity index is 2030. The molecule has 0 spiro atoms. The number of aliphatic imine (C=N–C) groups is 1. The van der Waals surface area contributed by atoms with E-state index in [-0.39, 0.29) is 16.6 Å². The Morgan fingerprint density at radius 3 is 2.07 bits per heavy atom. The summed E-state index contributed by atoms with van der Waals surface area (Å²) in [7, 11) is -4.03. The van der Waals surface area contributed by atoms with Gasteiger partial charge in [0.15, 0.2) is 0 Å². The normalized spacial score (nSPS) is 18.3. The summed E-state index contributed by atoms with van der Waals surface area (Å²) in [5, 5.41) is 4.86. The predicted molar refractivity (Wildman–Crippen MR) is 185 cm³/mol. The minimum atomic E-state index is -4.03. The zero-order valence-corrected chi connectivity index (χ0v) is 26.5. The molecule has 0 amide bonds. The highest BCUT2D eigenvalue weighted by molar-refractivity contribution is 7.85. The molecule has 5 nitrogen and oxygen atoms in total. The molecular weight excluding hydrogens is 564 g/mol. The number of fused-ring (bicyclic) bond motifs is 6. The number of nitrogens with zero attached hydrogens (tertiary/aromatic N) is 2.